The Morgan fingerprint density at radius 3 is 2.90 bits per heavy atom. The van der Waals surface area contributed by atoms with E-state index in [4.69, 9.17) is 9.84 Å². The van der Waals surface area contributed by atoms with Gasteiger partial charge >= 0.3 is 0 Å². The predicted octanol–water partition coefficient (Wildman–Crippen LogP) is 1.55. The van der Waals surface area contributed by atoms with Gasteiger partial charge in [-0.2, -0.15) is 0 Å². The van der Waals surface area contributed by atoms with Crippen LogP contribution in [0.4, 0.5) is 0 Å². The van der Waals surface area contributed by atoms with E-state index in [9.17, 15) is 0 Å². The third-order valence-corrected chi connectivity index (χ3v) is 3.84. The average molecular weight is 278 g/mol. The zero-order chi connectivity index (χ0) is 14.2. The minimum atomic E-state index is 0.109. The lowest BCUT2D eigenvalue weighted by Gasteiger charge is -2.26. The van der Waals surface area contributed by atoms with Crippen molar-refractivity contribution < 1.29 is 9.84 Å². The third-order valence-electron chi connectivity index (χ3n) is 3.84. The summed E-state index contributed by atoms with van der Waals surface area (Å²) in [5.41, 5.74) is 2.22. The monoisotopic (exact) mass is 278 g/mol. The SMILES string of the molecule is CC(NCCCN1CCOCC1)c1cccc(CO)c1. The summed E-state index contributed by atoms with van der Waals surface area (Å²) in [6.45, 7) is 8.31. The molecule has 1 saturated heterocycles. The normalized spacial score (nSPS) is 18.1. The predicted molar refractivity (Wildman–Crippen MR) is 80.7 cm³/mol. The van der Waals surface area contributed by atoms with Crippen LogP contribution < -0.4 is 5.32 Å². The molecule has 0 amide bonds. The minimum absolute atomic E-state index is 0.109. The molecule has 1 aliphatic heterocycles. The van der Waals surface area contributed by atoms with E-state index < -0.39 is 0 Å². The molecule has 1 atom stereocenters. The van der Waals surface area contributed by atoms with Crippen molar-refractivity contribution in [2.75, 3.05) is 39.4 Å². The first-order chi connectivity index (χ1) is 9.79. The second kappa shape index (κ2) is 8.37. The van der Waals surface area contributed by atoms with Gasteiger partial charge in [-0.3, -0.25) is 4.90 Å². The molecule has 4 nitrogen and oxygen atoms in total. The molecule has 20 heavy (non-hydrogen) atoms. The highest BCUT2D eigenvalue weighted by atomic mass is 16.5. The van der Waals surface area contributed by atoms with E-state index >= 15 is 0 Å². The van der Waals surface area contributed by atoms with Crippen LogP contribution in [0.3, 0.4) is 0 Å². The maximum Gasteiger partial charge on any atom is 0.0681 e. The molecule has 0 aliphatic carbocycles. The fourth-order valence-corrected chi connectivity index (χ4v) is 2.52. The summed E-state index contributed by atoms with van der Waals surface area (Å²) >= 11 is 0. The summed E-state index contributed by atoms with van der Waals surface area (Å²) in [4.78, 5) is 2.46. The molecule has 1 heterocycles. The Kier molecular flexibility index (Phi) is 6.47. The molecular formula is C16H26N2O2. The van der Waals surface area contributed by atoms with E-state index in [1.54, 1.807) is 0 Å². The highest BCUT2D eigenvalue weighted by molar-refractivity contribution is 5.25. The molecule has 112 valence electrons. The number of nitrogens with zero attached hydrogens (tertiary/aromatic N) is 1. The standard InChI is InChI=1S/C16H26N2O2/c1-14(16-5-2-4-15(12-16)13-19)17-6-3-7-18-8-10-20-11-9-18/h2,4-5,12,14,17,19H,3,6-11,13H2,1H3. The Bertz CT molecular complexity index is 392. The van der Waals surface area contributed by atoms with E-state index in [0.29, 0.717) is 6.04 Å². The molecule has 1 aromatic carbocycles. The third kappa shape index (κ3) is 4.87. The highest BCUT2D eigenvalue weighted by Gasteiger charge is 2.10. The van der Waals surface area contributed by atoms with E-state index in [0.717, 1.165) is 51.4 Å². The van der Waals surface area contributed by atoms with E-state index in [2.05, 4.69) is 29.3 Å². The lowest BCUT2D eigenvalue weighted by molar-refractivity contribution is 0.0374. The van der Waals surface area contributed by atoms with Crippen molar-refractivity contribution in [2.24, 2.45) is 0 Å². The van der Waals surface area contributed by atoms with Crippen LogP contribution in [-0.4, -0.2) is 49.4 Å². The van der Waals surface area contributed by atoms with Crippen molar-refractivity contribution in [3.05, 3.63) is 35.4 Å². The molecule has 4 heteroatoms. The van der Waals surface area contributed by atoms with Gasteiger partial charge in [0.2, 0.25) is 0 Å². The fourth-order valence-electron chi connectivity index (χ4n) is 2.52. The van der Waals surface area contributed by atoms with Crippen LogP contribution in [0.1, 0.15) is 30.5 Å². The van der Waals surface area contributed by atoms with Gasteiger partial charge in [0.15, 0.2) is 0 Å². The molecule has 2 rings (SSSR count). The van der Waals surface area contributed by atoms with Gasteiger partial charge in [-0.25, -0.2) is 0 Å². The molecule has 1 unspecified atom stereocenters. The first-order valence-electron chi connectivity index (χ1n) is 7.53. The summed E-state index contributed by atoms with van der Waals surface area (Å²) < 4.78 is 5.35. The molecule has 1 aromatic rings. The number of benzene rings is 1. The van der Waals surface area contributed by atoms with Crippen LogP contribution in [0.25, 0.3) is 0 Å². The van der Waals surface area contributed by atoms with Crippen molar-refractivity contribution in [1.29, 1.82) is 0 Å². The first-order valence-corrected chi connectivity index (χ1v) is 7.53. The maximum absolute atomic E-state index is 9.17. The topological polar surface area (TPSA) is 44.7 Å². The van der Waals surface area contributed by atoms with Gasteiger partial charge in [0.05, 0.1) is 19.8 Å². The second-order valence-electron chi connectivity index (χ2n) is 5.39. The zero-order valence-electron chi connectivity index (χ0n) is 12.3. The number of hydrogen-bond acceptors (Lipinski definition) is 4. The van der Waals surface area contributed by atoms with Crippen molar-refractivity contribution in [3.8, 4) is 0 Å². The smallest absolute Gasteiger partial charge is 0.0681 e. The number of nitrogens with one attached hydrogen (secondary N) is 1. The molecule has 0 spiro atoms. The molecule has 0 radical (unpaired) electrons. The van der Waals surface area contributed by atoms with Gasteiger partial charge in [0.1, 0.15) is 0 Å². The quantitative estimate of drug-likeness (QED) is 0.743. The van der Waals surface area contributed by atoms with Crippen molar-refractivity contribution in [1.82, 2.24) is 10.2 Å². The summed E-state index contributed by atoms with van der Waals surface area (Å²) in [7, 11) is 0. The lowest BCUT2D eigenvalue weighted by atomic mass is 10.1. The summed E-state index contributed by atoms with van der Waals surface area (Å²) in [5, 5.41) is 12.7. The molecule has 0 saturated carbocycles. The molecule has 0 aromatic heterocycles. The Hall–Kier alpha value is -0.940. The lowest BCUT2D eigenvalue weighted by Crippen LogP contribution is -2.37. The van der Waals surface area contributed by atoms with Crippen molar-refractivity contribution in [2.45, 2.75) is 26.0 Å². The van der Waals surface area contributed by atoms with Gasteiger partial charge in [-0.1, -0.05) is 24.3 Å². The average Bonchev–Trinajstić information content (AvgIpc) is 2.52. The molecule has 2 N–H and O–H groups in total. The highest BCUT2D eigenvalue weighted by Crippen LogP contribution is 2.14. The Morgan fingerprint density at radius 2 is 2.15 bits per heavy atom. The van der Waals surface area contributed by atoms with Gasteiger partial charge in [0, 0.05) is 19.1 Å². The Morgan fingerprint density at radius 1 is 1.35 bits per heavy atom. The van der Waals surface area contributed by atoms with Crippen molar-refractivity contribution >= 4 is 0 Å². The molecule has 1 fully saturated rings. The molecular weight excluding hydrogens is 252 g/mol. The van der Waals surface area contributed by atoms with Gasteiger partial charge in [0.25, 0.3) is 0 Å². The minimum Gasteiger partial charge on any atom is -0.392 e. The zero-order valence-corrected chi connectivity index (χ0v) is 12.3. The first kappa shape index (κ1) is 15.4. The number of aliphatic hydroxyl groups is 1. The van der Waals surface area contributed by atoms with E-state index in [1.165, 1.54) is 5.56 Å². The second-order valence-corrected chi connectivity index (χ2v) is 5.39. The molecule has 1 aliphatic rings. The number of morpholine rings is 1. The fraction of sp³-hybridized carbons (Fsp3) is 0.625. The van der Waals surface area contributed by atoms with Gasteiger partial charge < -0.3 is 15.2 Å². The number of ether oxygens (including phenoxy) is 1. The summed E-state index contributed by atoms with van der Waals surface area (Å²) in [5.74, 6) is 0. The number of rotatable bonds is 7. The number of aliphatic hydroxyl groups excluding tert-OH is 1. The van der Waals surface area contributed by atoms with Crippen molar-refractivity contribution in [3.63, 3.8) is 0 Å². The Balaban J connectivity index is 1.67. The molecule has 0 bridgehead atoms. The van der Waals surface area contributed by atoms with Crippen LogP contribution in [0.15, 0.2) is 24.3 Å². The van der Waals surface area contributed by atoms with Crippen LogP contribution in [0.5, 0.6) is 0 Å². The summed E-state index contributed by atoms with van der Waals surface area (Å²) in [6, 6.07) is 8.46. The summed E-state index contributed by atoms with van der Waals surface area (Å²) in [6.07, 6.45) is 1.16. The van der Waals surface area contributed by atoms with Crippen LogP contribution in [0.2, 0.25) is 0 Å². The van der Waals surface area contributed by atoms with Crippen LogP contribution >= 0.6 is 0 Å². The maximum atomic E-state index is 9.17. The largest absolute Gasteiger partial charge is 0.392 e. The van der Waals surface area contributed by atoms with Crippen LogP contribution in [0, 0.1) is 0 Å². The Labute approximate surface area is 121 Å². The van der Waals surface area contributed by atoms with Crippen LogP contribution in [-0.2, 0) is 11.3 Å². The van der Waals surface area contributed by atoms with Gasteiger partial charge in [-0.15, -0.1) is 0 Å². The van der Waals surface area contributed by atoms with E-state index in [1.807, 2.05) is 12.1 Å². The van der Waals surface area contributed by atoms with E-state index in [-0.39, 0.29) is 6.61 Å². The number of hydrogen-bond donors (Lipinski definition) is 2. The van der Waals surface area contributed by atoms with Gasteiger partial charge in [-0.05, 0) is 37.6 Å².